The first kappa shape index (κ1) is 14.3. The average Bonchev–Trinajstić information content (AvgIpc) is 2.94. The van der Waals surface area contributed by atoms with Crippen molar-refractivity contribution in [2.75, 3.05) is 11.9 Å². The summed E-state index contributed by atoms with van der Waals surface area (Å²) in [4.78, 5) is 23.3. The van der Waals surface area contributed by atoms with Gasteiger partial charge in [0.2, 0.25) is 5.91 Å². The Kier molecular flexibility index (Phi) is 3.80. The Labute approximate surface area is 128 Å². The number of carbonyl (C=O) groups is 1. The van der Waals surface area contributed by atoms with Crippen LogP contribution in [-0.2, 0) is 17.6 Å². The number of amides is 1. The van der Waals surface area contributed by atoms with Crippen LogP contribution in [0.2, 0.25) is 0 Å². The predicted octanol–water partition coefficient (Wildman–Crippen LogP) is 2.42. The smallest absolute Gasteiger partial charge is 0.239 e. The number of nitrogens with zero attached hydrogens (tertiary/aromatic N) is 2. The third kappa shape index (κ3) is 2.85. The lowest BCUT2D eigenvalue weighted by atomic mass is 10.2. The summed E-state index contributed by atoms with van der Waals surface area (Å²) >= 11 is 1.77. The topological polar surface area (TPSA) is 66.9 Å². The fourth-order valence-corrected chi connectivity index (χ4v) is 4.07. The van der Waals surface area contributed by atoms with Gasteiger partial charge < -0.3 is 10.6 Å². The van der Waals surface area contributed by atoms with Crippen LogP contribution in [0.3, 0.4) is 0 Å². The van der Waals surface area contributed by atoms with Crippen molar-refractivity contribution in [3.63, 3.8) is 0 Å². The molecule has 0 aliphatic heterocycles. The number of fused-ring (bicyclic) bond motifs is 3. The highest BCUT2D eigenvalue weighted by Gasteiger charge is 2.22. The minimum atomic E-state index is -0.0127. The van der Waals surface area contributed by atoms with E-state index in [2.05, 4.69) is 20.6 Å². The molecule has 0 aromatic carbocycles. The molecule has 5 nitrogen and oxygen atoms in total. The zero-order valence-corrected chi connectivity index (χ0v) is 13.4. The van der Waals surface area contributed by atoms with Crippen molar-refractivity contribution < 1.29 is 4.79 Å². The Hall–Kier alpha value is -1.69. The lowest BCUT2D eigenvalue weighted by molar-refractivity contribution is -0.119. The van der Waals surface area contributed by atoms with Crippen molar-refractivity contribution in [2.45, 2.75) is 46.1 Å². The summed E-state index contributed by atoms with van der Waals surface area (Å²) in [5.41, 5.74) is 1.38. The summed E-state index contributed by atoms with van der Waals surface area (Å²) in [7, 11) is 0. The standard InChI is InChI=1S/C15H20N4OS/c1-8(2)17-12(20)7-16-14-13-10-5-4-6-11(10)21-15(13)19-9(3)18-14/h8H,4-7H2,1-3H3,(H,17,20)(H,16,18,19). The monoisotopic (exact) mass is 304 g/mol. The van der Waals surface area contributed by atoms with Crippen LogP contribution in [0.15, 0.2) is 0 Å². The molecular weight excluding hydrogens is 284 g/mol. The zero-order valence-electron chi connectivity index (χ0n) is 12.6. The number of aromatic nitrogens is 2. The number of aryl methyl sites for hydroxylation is 3. The molecule has 6 heteroatoms. The second-order valence-electron chi connectivity index (χ2n) is 5.73. The van der Waals surface area contributed by atoms with E-state index in [0.29, 0.717) is 0 Å². The van der Waals surface area contributed by atoms with Crippen molar-refractivity contribution in [3.05, 3.63) is 16.3 Å². The van der Waals surface area contributed by atoms with E-state index >= 15 is 0 Å². The SMILES string of the molecule is Cc1nc(NCC(=O)NC(C)C)c2c3c(sc2n1)CCC3. The Balaban J connectivity index is 1.89. The van der Waals surface area contributed by atoms with Gasteiger partial charge >= 0.3 is 0 Å². The Morgan fingerprint density at radius 2 is 2.14 bits per heavy atom. The van der Waals surface area contributed by atoms with Gasteiger partial charge in [-0.3, -0.25) is 4.79 Å². The molecule has 0 fully saturated rings. The molecule has 1 aliphatic carbocycles. The van der Waals surface area contributed by atoms with Crippen LogP contribution in [-0.4, -0.2) is 28.5 Å². The van der Waals surface area contributed by atoms with E-state index < -0.39 is 0 Å². The van der Waals surface area contributed by atoms with E-state index in [1.165, 1.54) is 16.9 Å². The number of nitrogens with one attached hydrogen (secondary N) is 2. The Morgan fingerprint density at radius 3 is 2.90 bits per heavy atom. The maximum atomic E-state index is 11.8. The number of thiophene rings is 1. The lowest BCUT2D eigenvalue weighted by Crippen LogP contribution is -2.35. The third-order valence-corrected chi connectivity index (χ3v) is 4.73. The van der Waals surface area contributed by atoms with Gasteiger partial charge in [0.05, 0.1) is 11.9 Å². The Morgan fingerprint density at radius 1 is 1.33 bits per heavy atom. The summed E-state index contributed by atoms with van der Waals surface area (Å²) in [6.45, 7) is 6.05. The van der Waals surface area contributed by atoms with Crippen LogP contribution in [0.5, 0.6) is 0 Å². The summed E-state index contributed by atoms with van der Waals surface area (Å²) in [6, 6.07) is 0.150. The molecule has 112 valence electrons. The van der Waals surface area contributed by atoms with Crippen molar-refractivity contribution in [3.8, 4) is 0 Å². The number of hydrogen-bond acceptors (Lipinski definition) is 5. The molecular formula is C15H20N4OS. The zero-order chi connectivity index (χ0) is 15.0. The van der Waals surface area contributed by atoms with Crippen LogP contribution in [0.25, 0.3) is 10.2 Å². The molecule has 0 atom stereocenters. The van der Waals surface area contributed by atoms with E-state index in [9.17, 15) is 4.79 Å². The minimum Gasteiger partial charge on any atom is -0.360 e. The largest absolute Gasteiger partial charge is 0.360 e. The van der Waals surface area contributed by atoms with E-state index in [0.717, 1.165) is 34.7 Å². The van der Waals surface area contributed by atoms with Gasteiger partial charge in [0, 0.05) is 10.9 Å². The third-order valence-electron chi connectivity index (χ3n) is 3.54. The fraction of sp³-hybridized carbons (Fsp3) is 0.533. The second-order valence-corrected chi connectivity index (χ2v) is 6.82. The van der Waals surface area contributed by atoms with Crippen molar-refractivity contribution in [1.82, 2.24) is 15.3 Å². The van der Waals surface area contributed by atoms with Crippen molar-refractivity contribution in [1.29, 1.82) is 0 Å². The molecule has 3 rings (SSSR count). The van der Waals surface area contributed by atoms with Gasteiger partial charge in [0.15, 0.2) is 0 Å². The van der Waals surface area contributed by atoms with Gasteiger partial charge in [-0.25, -0.2) is 9.97 Å². The summed E-state index contributed by atoms with van der Waals surface area (Å²) in [5, 5.41) is 7.19. The van der Waals surface area contributed by atoms with E-state index in [4.69, 9.17) is 0 Å². The minimum absolute atomic E-state index is 0.0127. The molecule has 21 heavy (non-hydrogen) atoms. The normalized spacial score (nSPS) is 13.7. The highest BCUT2D eigenvalue weighted by Crippen LogP contribution is 2.39. The van der Waals surface area contributed by atoms with Gasteiger partial charge in [-0.15, -0.1) is 11.3 Å². The van der Waals surface area contributed by atoms with Crippen LogP contribution < -0.4 is 10.6 Å². The molecule has 0 unspecified atom stereocenters. The van der Waals surface area contributed by atoms with Crippen LogP contribution in [0.4, 0.5) is 5.82 Å². The Bertz CT molecular complexity index is 693. The molecule has 0 saturated carbocycles. The first-order valence-electron chi connectivity index (χ1n) is 7.36. The number of carbonyl (C=O) groups excluding carboxylic acids is 1. The van der Waals surface area contributed by atoms with Crippen molar-refractivity contribution >= 4 is 33.3 Å². The summed E-state index contributed by atoms with van der Waals surface area (Å²) < 4.78 is 0. The highest BCUT2D eigenvalue weighted by molar-refractivity contribution is 7.19. The molecule has 2 aromatic rings. The maximum absolute atomic E-state index is 11.8. The second kappa shape index (κ2) is 5.60. The first-order valence-corrected chi connectivity index (χ1v) is 8.18. The first-order chi connectivity index (χ1) is 10.0. The maximum Gasteiger partial charge on any atom is 0.239 e. The summed E-state index contributed by atoms with van der Waals surface area (Å²) in [6.07, 6.45) is 3.44. The molecule has 1 amide bonds. The van der Waals surface area contributed by atoms with E-state index in [1.807, 2.05) is 20.8 Å². The van der Waals surface area contributed by atoms with Crippen LogP contribution >= 0.6 is 11.3 Å². The summed E-state index contributed by atoms with van der Waals surface area (Å²) in [5.74, 6) is 1.53. The lowest BCUT2D eigenvalue weighted by Gasteiger charge is -2.11. The number of anilines is 1. The van der Waals surface area contributed by atoms with Crippen LogP contribution in [0, 0.1) is 6.92 Å². The highest BCUT2D eigenvalue weighted by atomic mass is 32.1. The average molecular weight is 304 g/mol. The predicted molar refractivity (Wildman–Crippen MR) is 85.9 cm³/mol. The molecule has 2 N–H and O–H groups in total. The van der Waals surface area contributed by atoms with E-state index in [1.54, 1.807) is 11.3 Å². The number of hydrogen-bond donors (Lipinski definition) is 2. The van der Waals surface area contributed by atoms with Crippen LogP contribution in [0.1, 0.15) is 36.5 Å². The quantitative estimate of drug-likeness (QED) is 0.910. The fourth-order valence-electron chi connectivity index (χ4n) is 2.77. The molecule has 0 radical (unpaired) electrons. The molecule has 1 aliphatic rings. The van der Waals surface area contributed by atoms with Crippen molar-refractivity contribution in [2.24, 2.45) is 0 Å². The molecule has 0 spiro atoms. The van der Waals surface area contributed by atoms with Gasteiger partial charge in [0.1, 0.15) is 16.5 Å². The molecule has 2 aromatic heterocycles. The number of rotatable bonds is 4. The van der Waals surface area contributed by atoms with Gasteiger partial charge in [0.25, 0.3) is 0 Å². The molecule has 0 bridgehead atoms. The van der Waals surface area contributed by atoms with E-state index in [-0.39, 0.29) is 18.5 Å². The van der Waals surface area contributed by atoms with Gasteiger partial charge in [-0.1, -0.05) is 0 Å². The van der Waals surface area contributed by atoms with Gasteiger partial charge in [-0.05, 0) is 45.6 Å². The molecule has 0 saturated heterocycles. The molecule has 2 heterocycles. The van der Waals surface area contributed by atoms with Gasteiger partial charge in [-0.2, -0.15) is 0 Å².